The van der Waals surface area contributed by atoms with Crippen LogP contribution >= 0.6 is 0 Å². The SMILES string of the molecule is COc1cc(C(=O)N2CCC(NC(=O)c3ccccn3)CC2)cc(OC)c1OC. The maximum Gasteiger partial charge on any atom is 0.270 e. The topological polar surface area (TPSA) is 90.0 Å². The molecule has 0 spiro atoms. The number of hydrogen-bond donors (Lipinski definition) is 1. The largest absolute Gasteiger partial charge is 0.493 e. The third kappa shape index (κ3) is 4.59. The molecule has 1 fully saturated rings. The molecular weight excluding hydrogens is 374 g/mol. The lowest BCUT2D eigenvalue weighted by atomic mass is 10.0. The Balaban J connectivity index is 1.63. The number of ether oxygens (including phenoxy) is 3. The Bertz CT molecular complexity index is 839. The van der Waals surface area contributed by atoms with E-state index >= 15 is 0 Å². The fourth-order valence-corrected chi connectivity index (χ4v) is 3.37. The van der Waals surface area contributed by atoms with Crippen LogP contribution in [0.3, 0.4) is 0 Å². The van der Waals surface area contributed by atoms with Gasteiger partial charge in [0.05, 0.1) is 21.3 Å². The molecule has 1 aromatic heterocycles. The van der Waals surface area contributed by atoms with Gasteiger partial charge in [0.1, 0.15) is 5.69 Å². The van der Waals surface area contributed by atoms with E-state index in [1.54, 1.807) is 41.4 Å². The summed E-state index contributed by atoms with van der Waals surface area (Å²) in [4.78, 5) is 31.1. The molecule has 1 saturated heterocycles. The van der Waals surface area contributed by atoms with Gasteiger partial charge in [-0.05, 0) is 37.1 Å². The number of carbonyl (C=O) groups excluding carboxylic acids is 2. The Kier molecular flexibility index (Phi) is 6.54. The van der Waals surface area contributed by atoms with Gasteiger partial charge in [0, 0.05) is 30.9 Å². The summed E-state index contributed by atoms with van der Waals surface area (Å²) in [7, 11) is 4.55. The van der Waals surface area contributed by atoms with Crippen molar-refractivity contribution in [1.82, 2.24) is 15.2 Å². The molecule has 2 amide bonds. The van der Waals surface area contributed by atoms with Crippen molar-refractivity contribution < 1.29 is 23.8 Å². The Morgan fingerprint density at radius 2 is 1.69 bits per heavy atom. The lowest BCUT2D eigenvalue weighted by Crippen LogP contribution is -2.46. The normalized spacial score (nSPS) is 14.2. The maximum atomic E-state index is 13.0. The molecule has 1 N–H and O–H groups in total. The Morgan fingerprint density at radius 1 is 1.03 bits per heavy atom. The molecule has 29 heavy (non-hydrogen) atoms. The lowest BCUT2D eigenvalue weighted by Gasteiger charge is -2.32. The molecule has 3 rings (SSSR count). The molecule has 2 heterocycles. The van der Waals surface area contributed by atoms with Crippen LogP contribution in [0.15, 0.2) is 36.5 Å². The molecule has 1 aliphatic rings. The van der Waals surface area contributed by atoms with Gasteiger partial charge in [-0.1, -0.05) is 6.07 Å². The van der Waals surface area contributed by atoms with Gasteiger partial charge in [0.25, 0.3) is 11.8 Å². The number of benzene rings is 1. The number of pyridine rings is 1. The van der Waals surface area contributed by atoms with Crippen molar-refractivity contribution in [1.29, 1.82) is 0 Å². The van der Waals surface area contributed by atoms with Crippen molar-refractivity contribution in [2.45, 2.75) is 18.9 Å². The summed E-state index contributed by atoms with van der Waals surface area (Å²) in [6.07, 6.45) is 2.94. The zero-order chi connectivity index (χ0) is 20.8. The highest BCUT2D eigenvalue weighted by Crippen LogP contribution is 2.38. The van der Waals surface area contributed by atoms with Crippen LogP contribution in [0.4, 0.5) is 0 Å². The predicted octanol–water partition coefficient (Wildman–Crippen LogP) is 2.14. The van der Waals surface area contributed by atoms with Crippen LogP contribution in [0.2, 0.25) is 0 Å². The molecule has 2 aromatic rings. The van der Waals surface area contributed by atoms with E-state index in [1.807, 2.05) is 0 Å². The number of methoxy groups -OCH3 is 3. The van der Waals surface area contributed by atoms with Gasteiger partial charge in [-0.25, -0.2) is 0 Å². The van der Waals surface area contributed by atoms with Gasteiger partial charge in [-0.2, -0.15) is 0 Å². The average molecular weight is 399 g/mol. The van der Waals surface area contributed by atoms with Crippen molar-refractivity contribution in [2.24, 2.45) is 0 Å². The Morgan fingerprint density at radius 3 is 2.21 bits per heavy atom. The summed E-state index contributed by atoms with van der Waals surface area (Å²) in [5, 5.41) is 2.99. The second-order valence-electron chi connectivity index (χ2n) is 6.67. The van der Waals surface area contributed by atoms with Crippen molar-refractivity contribution in [3.63, 3.8) is 0 Å². The molecule has 8 nitrogen and oxygen atoms in total. The standard InChI is InChI=1S/C21H25N3O5/c1-27-17-12-14(13-18(28-2)19(17)29-3)21(26)24-10-7-15(8-11-24)23-20(25)16-6-4-5-9-22-16/h4-6,9,12-13,15H,7-8,10-11H2,1-3H3,(H,23,25). The minimum absolute atomic E-state index is 0.00787. The number of rotatable bonds is 6. The van der Waals surface area contributed by atoms with E-state index < -0.39 is 0 Å². The zero-order valence-electron chi connectivity index (χ0n) is 16.8. The van der Waals surface area contributed by atoms with E-state index in [4.69, 9.17) is 14.2 Å². The first-order chi connectivity index (χ1) is 14.1. The summed E-state index contributed by atoms with van der Waals surface area (Å²) in [6, 6.07) is 8.54. The first-order valence-corrected chi connectivity index (χ1v) is 9.38. The number of aromatic nitrogens is 1. The molecule has 0 unspecified atom stereocenters. The van der Waals surface area contributed by atoms with Gasteiger partial charge in [-0.3, -0.25) is 14.6 Å². The molecular formula is C21H25N3O5. The summed E-state index contributed by atoms with van der Waals surface area (Å²) >= 11 is 0. The molecule has 1 aromatic carbocycles. The monoisotopic (exact) mass is 399 g/mol. The van der Waals surface area contributed by atoms with E-state index in [-0.39, 0.29) is 17.9 Å². The molecule has 1 aliphatic heterocycles. The van der Waals surface area contributed by atoms with Crippen molar-refractivity contribution >= 4 is 11.8 Å². The van der Waals surface area contributed by atoms with Crippen molar-refractivity contribution in [2.75, 3.05) is 34.4 Å². The zero-order valence-corrected chi connectivity index (χ0v) is 16.8. The number of likely N-dealkylation sites (tertiary alicyclic amines) is 1. The maximum absolute atomic E-state index is 13.0. The van der Waals surface area contributed by atoms with Crippen LogP contribution in [-0.4, -0.2) is 62.2 Å². The van der Waals surface area contributed by atoms with E-state index in [0.717, 1.165) is 0 Å². The third-order valence-electron chi connectivity index (χ3n) is 4.93. The second kappa shape index (κ2) is 9.27. The molecule has 0 radical (unpaired) electrons. The second-order valence-corrected chi connectivity index (χ2v) is 6.67. The molecule has 0 bridgehead atoms. The quantitative estimate of drug-likeness (QED) is 0.801. The summed E-state index contributed by atoms with van der Waals surface area (Å²) in [6.45, 7) is 1.09. The first-order valence-electron chi connectivity index (χ1n) is 9.38. The number of piperidine rings is 1. The van der Waals surface area contributed by atoms with Crippen LogP contribution in [0.5, 0.6) is 17.2 Å². The molecule has 0 saturated carbocycles. The van der Waals surface area contributed by atoms with Crippen LogP contribution in [0, 0.1) is 0 Å². The van der Waals surface area contributed by atoms with Gasteiger partial charge in [0.2, 0.25) is 5.75 Å². The van der Waals surface area contributed by atoms with Crippen LogP contribution in [0.25, 0.3) is 0 Å². The summed E-state index contributed by atoms with van der Waals surface area (Å²) < 4.78 is 16.0. The number of amides is 2. The van der Waals surface area contributed by atoms with Crippen molar-refractivity contribution in [3.8, 4) is 17.2 Å². The van der Waals surface area contributed by atoms with Crippen LogP contribution < -0.4 is 19.5 Å². The van der Waals surface area contributed by atoms with E-state index in [0.29, 0.717) is 54.4 Å². The minimum Gasteiger partial charge on any atom is -0.493 e. The lowest BCUT2D eigenvalue weighted by molar-refractivity contribution is 0.0697. The number of carbonyl (C=O) groups is 2. The minimum atomic E-state index is -0.194. The number of nitrogens with zero attached hydrogens (tertiary/aromatic N) is 2. The summed E-state index contributed by atoms with van der Waals surface area (Å²) in [5.41, 5.74) is 0.860. The predicted molar refractivity (Wildman–Crippen MR) is 107 cm³/mol. The smallest absolute Gasteiger partial charge is 0.270 e. The highest BCUT2D eigenvalue weighted by Gasteiger charge is 2.26. The van der Waals surface area contributed by atoms with Gasteiger partial charge in [0.15, 0.2) is 11.5 Å². The highest BCUT2D eigenvalue weighted by molar-refractivity contribution is 5.96. The molecule has 0 aliphatic carbocycles. The molecule has 8 heteroatoms. The van der Waals surface area contributed by atoms with E-state index in [9.17, 15) is 9.59 Å². The van der Waals surface area contributed by atoms with Gasteiger partial charge >= 0.3 is 0 Å². The summed E-state index contributed by atoms with van der Waals surface area (Å²) in [5.74, 6) is 1.02. The van der Waals surface area contributed by atoms with E-state index in [1.165, 1.54) is 21.3 Å². The molecule has 154 valence electrons. The average Bonchev–Trinajstić information content (AvgIpc) is 2.78. The third-order valence-corrected chi connectivity index (χ3v) is 4.93. The van der Waals surface area contributed by atoms with Crippen LogP contribution in [0.1, 0.15) is 33.7 Å². The number of hydrogen-bond acceptors (Lipinski definition) is 6. The van der Waals surface area contributed by atoms with E-state index in [2.05, 4.69) is 10.3 Å². The first kappa shape index (κ1) is 20.4. The molecule has 0 atom stereocenters. The van der Waals surface area contributed by atoms with Crippen LogP contribution in [-0.2, 0) is 0 Å². The Hall–Kier alpha value is -3.29. The highest BCUT2D eigenvalue weighted by atomic mass is 16.5. The fourth-order valence-electron chi connectivity index (χ4n) is 3.37. The van der Waals surface area contributed by atoms with Gasteiger partial charge in [-0.15, -0.1) is 0 Å². The fraction of sp³-hybridized carbons (Fsp3) is 0.381. The Labute approximate surface area is 169 Å². The van der Waals surface area contributed by atoms with Gasteiger partial charge < -0.3 is 24.4 Å². The number of nitrogens with one attached hydrogen (secondary N) is 1. The van der Waals surface area contributed by atoms with Crippen molar-refractivity contribution in [3.05, 3.63) is 47.8 Å².